The Bertz CT molecular complexity index is 586. The van der Waals surface area contributed by atoms with Crippen LogP contribution in [0.1, 0.15) is 49.7 Å². The van der Waals surface area contributed by atoms with E-state index in [-0.39, 0.29) is 24.2 Å². The number of halogens is 1. The Morgan fingerprint density at radius 2 is 2.17 bits per heavy atom. The van der Waals surface area contributed by atoms with E-state index in [9.17, 15) is 14.7 Å². The quantitative estimate of drug-likeness (QED) is 0.792. The maximum Gasteiger partial charge on any atom is 0.252 e. The van der Waals surface area contributed by atoms with Crippen molar-refractivity contribution in [2.45, 2.75) is 45.6 Å². The van der Waals surface area contributed by atoms with Crippen LogP contribution in [0.3, 0.4) is 0 Å². The van der Waals surface area contributed by atoms with Gasteiger partial charge in [-0.1, -0.05) is 38.8 Å². The Hall–Kier alpha value is -0.910. The van der Waals surface area contributed by atoms with Crippen LogP contribution < -0.4 is 5.32 Å². The largest absolute Gasteiger partial charge is 0.380 e. The molecule has 0 radical (unpaired) electrons. The van der Waals surface area contributed by atoms with Crippen molar-refractivity contribution < 1.29 is 14.7 Å². The lowest BCUT2D eigenvalue weighted by molar-refractivity contribution is -0.155. The molecule has 0 bridgehead atoms. The summed E-state index contributed by atoms with van der Waals surface area (Å²) in [7, 11) is 0. The zero-order chi connectivity index (χ0) is 17.2. The number of carbonyl (C=O) groups excluding carboxylic acids is 2. The van der Waals surface area contributed by atoms with E-state index in [1.807, 2.05) is 20.8 Å². The van der Waals surface area contributed by atoms with Crippen molar-refractivity contribution in [3.05, 3.63) is 21.3 Å². The van der Waals surface area contributed by atoms with Crippen molar-refractivity contribution in [1.82, 2.24) is 5.32 Å². The molecule has 0 aliphatic heterocycles. The average Bonchev–Trinajstić information content (AvgIpc) is 2.90. The van der Waals surface area contributed by atoms with Crippen molar-refractivity contribution in [2.24, 2.45) is 17.8 Å². The summed E-state index contributed by atoms with van der Waals surface area (Å²) in [5, 5.41) is 15.8. The van der Waals surface area contributed by atoms with Gasteiger partial charge in [-0.2, -0.15) is 0 Å². The topological polar surface area (TPSA) is 66.4 Å². The summed E-state index contributed by atoms with van der Waals surface area (Å²) in [5.74, 6) is -0.251. The first-order valence-corrected chi connectivity index (χ1v) is 9.28. The number of ketones is 1. The van der Waals surface area contributed by atoms with E-state index in [0.717, 1.165) is 12.8 Å². The van der Waals surface area contributed by atoms with Crippen molar-refractivity contribution >= 4 is 34.6 Å². The van der Waals surface area contributed by atoms with Gasteiger partial charge in [0, 0.05) is 0 Å². The first-order valence-electron chi connectivity index (χ1n) is 8.02. The minimum absolute atomic E-state index is 0.0841. The second-order valence-electron chi connectivity index (χ2n) is 6.86. The number of carbonyl (C=O) groups is 2. The molecule has 2 rings (SSSR count). The summed E-state index contributed by atoms with van der Waals surface area (Å²) in [6.07, 6.45) is 2.28. The average molecular weight is 358 g/mol. The molecule has 2 N–H and O–H groups in total. The zero-order valence-electron chi connectivity index (χ0n) is 13.8. The van der Waals surface area contributed by atoms with E-state index < -0.39 is 11.5 Å². The van der Waals surface area contributed by atoms with E-state index in [1.165, 1.54) is 11.3 Å². The number of thiophene rings is 1. The molecule has 1 heterocycles. The molecular formula is C17H24ClNO3S. The number of Topliss-reactive ketones (excluding diaryl/α,β-unsaturated/α-hetero) is 1. The van der Waals surface area contributed by atoms with Gasteiger partial charge in [0.15, 0.2) is 5.78 Å². The first-order chi connectivity index (χ1) is 10.8. The predicted octanol–water partition coefficient (Wildman–Crippen LogP) is 3.52. The van der Waals surface area contributed by atoms with E-state index in [2.05, 4.69) is 5.32 Å². The van der Waals surface area contributed by atoms with Gasteiger partial charge in [0.05, 0.1) is 16.4 Å². The fraction of sp³-hybridized carbons (Fsp3) is 0.647. The fourth-order valence-electron chi connectivity index (χ4n) is 3.52. The van der Waals surface area contributed by atoms with Gasteiger partial charge < -0.3 is 10.4 Å². The van der Waals surface area contributed by atoms with E-state index in [0.29, 0.717) is 22.2 Å². The molecule has 1 aromatic rings. The summed E-state index contributed by atoms with van der Waals surface area (Å²) in [6.45, 7) is 5.96. The lowest BCUT2D eigenvalue weighted by Gasteiger charge is -2.43. The van der Waals surface area contributed by atoms with Crippen LogP contribution in [0.5, 0.6) is 0 Å². The Kier molecular flexibility index (Phi) is 5.87. The molecule has 3 atom stereocenters. The van der Waals surface area contributed by atoms with E-state index >= 15 is 0 Å². The summed E-state index contributed by atoms with van der Waals surface area (Å²) < 4.78 is 0. The highest BCUT2D eigenvalue weighted by atomic mass is 35.5. The van der Waals surface area contributed by atoms with Gasteiger partial charge in [0.25, 0.3) is 5.91 Å². The molecule has 0 spiro atoms. The normalized spacial score (nSPS) is 27.9. The van der Waals surface area contributed by atoms with Gasteiger partial charge in [0.2, 0.25) is 0 Å². The molecule has 1 saturated carbocycles. The smallest absolute Gasteiger partial charge is 0.252 e. The second-order valence-corrected chi connectivity index (χ2v) is 8.19. The highest BCUT2D eigenvalue weighted by molar-refractivity contribution is 7.12. The van der Waals surface area contributed by atoms with Crippen molar-refractivity contribution in [3.63, 3.8) is 0 Å². The van der Waals surface area contributed by atoms with Crippen LogP contribution in [0.15, 0.2) is 11.4 Å². The van der Waals surface area contributed by atoms with Crippen LogP contribution in [0.2, 0.25) is 5.02 Å². The van der Waals surface area contributed by atoms with Crippen LogP contribution in [-0.2, 0) is 4.79 Å². The van der Waals surface area contributed by atoms with Gasteiger partial charge in [-0.3, -0.25) is 9.59 Å². The molecule has 3 unspecified atom stereocenters. The zero-order valence-corrected chi connectivity index (χ0v) is 15.3. The Labute approximate surface area is 146 Å². The number of hydrogen-bond donors (Lipinski definition) is 2. The number of nitrogens with one attached hydrogen (secondary N) is 1. The number of aliphatic hydroxyl groups is 1. The monoisotopic (exact) mass is 357 g/mol. The molecule has 0 saturated heterocycles. The lowest BCUT2D eigenvalue weighted by atomic mass is 9.66. The van der Waals surface area contributed by atoms with Gasteiger partial charge in [-0.25, -0.2) is 0 Å². The summed E-state index contributed by atoms with van der Waals surface area (Å²) in [5.41, 5.74) is -1.40. The molecule has 1 aromatic heterocycles. The molecule has 4 nitrogen and oxygen atoms in total. The Balaban J connectivity index is 2.05. The van der Waals surface area contributed by atoms with Gasteiger partial charge in [-0.15, -0.1) is 11.3 Å². The molecule has 1 aliphatic rings. The molecule has 128 valence electrons. The number of rotatable bonds is 5. The van der Waals surface area contributed by atoms with Crippen LogP contribution in [-0.4, -0.2) is 28.9 Å². The Morgan fingerprint density at radius 3 is 2.74 bits per heavy atom. The molecule has 1 aliphatic carbocycles. The molecular weight excluding hydrogens is 334 g/mol. The molecule has 23 heavy (non-hydrogen) atoms. The summed E-state index contributed by atoms with van der Waals surface area (Å²) in [6, 6.07) is 1.66. The van der Waals surface area contributed by atoms with Crippen molar-refractivity contribution in [3.8, 4) is 0 Å². The fourth-order valence-corrected chi connectivity index (χ4v) is 4.62. The highest BCUT2D eigenvalue weighted by Crippen LogP contribution is 2.41. The standard InChI is InChI=1S/C17H24ClNO3S/c1-10(2)12-5-4-11(3)8-17(12,22)16(21)19-9-14(20)15-13(18)6-7-23-15/h6-7,10-12,22H,4-5,8-9H2,1-3H3,(H,19,21). The number of amides is 1. The maximum atomic E-state index is 12.6. The second kappa shape index (κ2) is 7.32. The Morgan fingerprint density at radius 1 is 1.48 bits per heavy atom. The summed E-state index contributed by atoms with van der Waals surface area (Å²) in [4.78, 5) is 25.2. The molecule has 1 fully saturated rings. The first kappa shape index (κ1) is 18.4. The number of hydrogen-bond acceptors (Lipinski definition) is 4. The van der Waals surface area contributed by atoms with Gasteiger partial charge in [0.1, 0.15) is 5.60 Å². The maximum absolute atomic E-state index is 12.6. The third kappa shape index (κ3) is 3.95. The third-order valence-corrected chi connectivity index (χ3v) is 6.10. The van der Waals surface area contributed by atoms with Crippen LogP contribution in [0, 0.1) is 17.8 Å². The van der Waals surface area contributed by atoms with E-state index in [4.69, 9.17) is 11.6 Å². The minimum Gasteiger partial charge on any atom is -0.380 e. The lowest BCUT2D eigenvalue weighted by Crippen LogP contribution is -2.56. The van der Waals surface area contributed by atoms with Crippen LogP contribution >= 0.6 is 22.9 Å². The molecule has 1 amide bonds. The van der Waals surface area contributed by atoms with Crippen LogP contribution in [0.25, 0.3) is 0 Å². The van der Waals surface area contributed by atoms with Crippen LogP contribution in [0.4, 0.5) is 0 Å². The molecule has 6 heteroatoms. The van der Waals surface area contributed by atoms with Gasteiger partial charge >= 0.3 is 0 Å². The SMILES string of the molecule is CC1CCC(C(C)C)C(O)(C(=O)NCC(=O)c2sccc2Cl)C1. The third-order valence-electron chi connectivity index (χ3n) is 4.72. The molecule has 0 aromatic carbocycles. The van der Waals surface area contributed by atoms with Crippen molar-refractivity contribution in [2.75, 3.05) is 6.54 Å². The summed E-state index contributed by atoms with van der Waals surface area (Å²) >= 11 is 7.19. The van der Waals surface area contributed by atoms with E-state index in [1.54, 1.807) is 11.4 Å². The van der Waals surface area contributed by atoms with Crippen molar-refractivity contribution in [1.29, 1.82) is 0 Å². The van der Waals surface area contributed by atoms with Gasteiger partial charge in [-0.05, 0) is 42.0 Å². The predicted molar refractivity (Wildman–Crippen MR) is 93.0 cm³/mol. The minimum atomic E-state index is -1.40. The highest BCUT2D eigenvalue weighted by Gasteiger charge is 2.48.